The molecule has 2 heterocycles. The van der Waals surface area contributed by atoms with E-state index in [0.29, 0.717) is 28.8 Å². The summed E-state index contributed by atoms with van der Waals surface area (Å²) in [6, 6.07) is 11.4. The minimum absolute atomic E-state index is 0.222. The molecule has 2 aliphatic heterocycles. The number of nitrogens with one attached hydrogen (secondary N) is 1. The zero-order valence-electron chi connectivity index (χ0n) is 16.0. The second-order valence-electron chi connectivity index (χ2n) is 6.69. The predicted molar refractivity (Wildman–Crippen MR) is 109 cm³/mol. The topological polar surface area (TPSA) is 104 Å². The minimum atomic E-state index is -0.977. The van der Waals surface area contributed by atoms with E-state index in [9.17, 15) is 14.4 Å². The summed E-state index contributed by atoms with van der Waals surface area (Å²) in [5.74, 6) is -0.681. The first-order valence-electron chi connectivity index (χ1n) is 9.31. The van der Waals surface area contributed by atoms with Crippen LogP contribution in [0.5, 0.6) is 5.75 Å². The summed E-state index contributed by atoms with van der Waals surface area (Å²) in [7, 11) is 0. The van der Waals surface area contributed by atoms with E-state index in [2.05, 4.69) is 15.7 Å². The van der Waals surface area contributed by atoms with E-state index in [0.717, 1.165) is 4.90 Å². The number of rotatable bonds is 6. The van der Waals surface area contributed by atoms with E-state index in [1.807, 2.05) is 6.92 Å². The average molecular weight is 428 g/mol. The molecule has 10 heteroatoms. The highest BCUT2D eigenvalue weighted by Crippen LogP contribution is 2.32. The molecule has 0 aliphatic carbocycles. The van der Waals surface area contributed by atoms with Crippen molar-refractivity contribution >= 4 is 40.7 Å². The summed E-state index contributed by atoms with van der Waals surface area (Å²) < 4.78 is 5.37. The summed E-state index contributed by atoms with van der Waals surface area (Å²) in [6.07, 6.45) is 0. The third-order valence-corrected chi connectivity index (χ3v) is 4.91. The van der Waals surface area contributed by atoms with Crippen molar-refractivity contribution in [3.05, 3.63) is 53.6 Å². The lowest BCUT2D eigenvalue weighted by Gasteiger charge is -2.20. The summed E-state index contributed by atoms with van der Waals surface area (Å²) in [6.45, 7) is 2.21. The van der Waals surface area contributed by atoms with Gasteiger partial charge in [0.25, 0.3) is 11.8 Å². The molecule has 3 amide bonds. The predicted octanol–water partition coefficient (Wildman–Crippen LogP) is 2.67. The van der Waals surface area contributed by atoms with Crippen molar-refractivity contribution in [1.29, 1.82) is 0 Å². The van der Waals surface area contributed by atoms with Gasteiger partial charge in [0, 0.05) is 10.7 Å². The van der Waals surface area contributed by atoms with Crippen LogP contribution < -0.4 is 15.0 Å². The first kappa shape index (κ1) is 19.8. The zero-order valence-corrected chi connectivity index (χ0v) is 16.7. The molecule has 0 radical (unpaired) electrons. The van der Waals surface area contributed by atoms with E-state index in [-0.39, 0.29) is 12.5 Å². The molecule has 0 spiro atoms. The molecule has 2 atom stereocenters. The van der Waals surface area contributed by atoms with Crippen LogP contribution in [-0.2, 0) is 14.4 Å². The molecule has 154 valence electrons. The number of halogens is 1. The summed E-state index contributed by atoms with van der Waals surface area (Å²) >= 11 is 5.98. The van der Waals surface area contributed by atoms with Crippen molar-refractivity contribution in [2.24, 2.45) is 10.3 Å². The molecule has 9 nitrogen and oxygen atoms in total. The van der Waals surface area contributed by atoms with Gasteiger partial charge < -0.3 is 10.1 Å². The minimum Gasteiger partial charge on any atom is -0.494 e. The highest BCUT2D eigenvalue weighted by Gasteiger charge is 2.55. The van der Waals surface area contributed by atoms with Gasteiger partial charge in [0.05, 0.1) is 12.3 Å². The van der Waals surface area contributed by atoms with Gasteiger partial charge in [-0.1, -0.05) is 22.9 Å². The second-order valence-corrected chi connectivity index (χ2v) is 7.13. The van der Waals surface area contributed by atoms with Crippen LogP contribution in [0.4, 0.5) is 11.4 Å². The molecule has 1 saturated heterocycles. The Bertz CT molecular complexity index is 1030. The Labute approximate surface area is 177 Å². The Kier molecular flexibility index (Phi) is 5.37. The summed E-state index contributed by atoms with van der Waals surface area (Å²) in [5.41, 5.74) is 0.936. The quantitative estimate of drug-likeness (QED) is 0.714. The Morgan fingerprint density at radius 2 is 1.93 bits per heavy atom. The zero-order chi connectivity index (χ0) is 21.3. The maximum atomic E-state index is 12.9. The van der Waals surface area contributed by atoms with Gasteiger partial charge in [0.15, 0.2) is 12.1 Å². The Balaban J connectivity index is 1.44. The van der Waals surface area contributed by atoms with Crippen LogP contribution in [0, 0.1) is 0 Å². The molecule has 2 aliphatic rings. The fourth-order valence-corrected chi connectivity index (χ4v) is 3.56. The Morgan fingerprint density at radius 3 is 2.63 bits per heavy atom. The number of imide groups is 1. The molecule has 30 heavy (non-hydrogen) atoms. The fraction of sp³-hybridized carbons (Fsp3) is 0.250. The molecule has 2 aromatic rings. The lowest BCUT2D eigenvalue weighted by atomic mass is 10.1. The second kappa shape index (κ2) is 8.11. The van der Waals surface area contributed by atoms with Gasteiger partial charge in [0.1, 0.15) is 12.3 Å². The largest absolute Gasteiger partial charge is 0.494 e. The lowest BCUT2D eigenvalue weighted by Crippen LogP contribution is -2.43. The third kappa shape index (κ3) is 3.71. The Hall–Kier alpha value is -3.46. The number of anilines is 2. The normalized spacial score (nSPS) is 19.9. The van der Waals surface area contributed by atoms with Crippen LogP contribution in [0.25, 0.3) is 0 Å². The van der Waals surface area contributed by atoms with E-state index in [1.165, 1.54) is 11.1 Å². The van der Waals surface area contributed by atoms with Crippen molar-refractivity contribution in [3.63, 3.8) is 0 Å². The first-order chi connectivity index (χ1) is 14.5. The number of fused-ring (bicyclic) bond motifs is 1. The number of nitrogens with zero attached hydrogens (tertiary/aromatic N) is 4. The number of hydrogen-bond donors (Lipinski definition) is 1. The maximum absolute atomic E-state index is 12.9. The first-order valence-corrected chi connectivity index (χ1v) is 9.69. The SMILES string of the molecule is CCOc1ccc(NC(=O)CN2N=N[C@H]3C(=O)N(c4cccc(Cl)c4)C(=O)[C@H]32)cc1. The van der Waals surface area contributed by atoms with Crippen LogP contribution >= 0.6 is 11.6 Å². The molecule has 0 saturated carbocycles. The van der Waals surface area contributed by atoms with Crippen molar-refractivity contribution in [1.82, 2.24) is 5.01 Å². The van der Waals surface area contributed by atoms with Crippen LogP contribution in [-0.4, -0.2) is 48.0 Å². The van der Waals surface area contributed by atoms with Crippen LogP contribution in [0.3, 0.4) is 0 Å². The number of carbonyl (C=O) groups excluding carboxylic acids is 3. The van der Waals surface area contributed by atoms with Gasteiger partial charge in [-0.2, -0.15) is 5.11 Å². The molecule has 0 unspecified atom stereocenters. The van der Waals surface area contributed by atoms with Gasteiger partial charge >= 0.3 is 0 Å². The average Bonchev–Trinajstić information content (AvgIpc) is 3.23. The van der Waals surface area contributed by atoms with Crippen molar-refractivity contribution in [2.75, 3.05) is 23.4 Å². The van der Waals surface area contributed by atoms with Gasteiger partial charge in [0.2, 0.25) is 5.91 Å². The molecule has 4 rings (SSSR count). The molecular weight excluding hydrogens is 410 g/mol. The number of benzene rings is 2. The summed E-state index contributed by atoms with van der Waals surface area (Å²) in [4.78, 5) is 39.1. The van der Waals surface area contributed by atoms with Crippen molar-refractivity contribution < 1.29 is 19.1 Å². The van der Waals surface area contributed by atoms with Gasteiger partial charge in [-0.05, 0) is 49.4 Å². The number of amides is 3. The van der Waals surface area contributed by atoms with Crippen LogP contribution in [0.15, 0.2) is 58.9 Å². The maximum Gasteiger partial charge on any atom is 0.263 e. The monoisotopic (exact) mass is 427 g/mol. The van der Waals surface area contributed by atoms with E-state index in [1.54, 1.807) is 42.5 Å². The summed E-state index contributed by atoms with van der Waals surface area (Å²) in [5, 5.41) is 12.1. The van der Waals surface area contributed by atoms with Crippen LogP contribution in [0.1, 0.15) is 6.92 Å². The fourth-order valence-electron chi connectivity index (χ4n) is 3.37. The molecule has 0 aromatic heterocycles. The molecular formula is C20H18ClN5O4. The number of ether oxygens (including phenoxy) is 1. The van der Waals surface area contributed by atoms with Crippen LogP contribution in [0.2, 0.25) is 5.02 Å². The lowest BCUT2D eigenvalue weighted by molar-refractivity contribution is -0.123. The van der Waals surface area contributed by atoms with E-state index in [4.69, 9.17) is 16.3 Å². The Morgan fingerprint density at radius 1 is 1.17 bits per heavy atom. The standard InChI is InChI=1S/C20H18ClN5O4/c1-2-30-15-8-6-13(7-9-15)22-16(27)11-25-18-17(23-24-25)19(28)26(20(18)29)14-5-3-4-12(21)10-14/h3-10,17-18H,2,11H2,1H3,(H,22,27)/t17-,18+/m1/s1. The van der Waals surface area contributed by atoms with E-state index < -0.39 is 23.9 Å². The number of hydrogen-bond acceptors (Lipinski definition) is 7. The number of carbonyl (C=O) groups is 3. The molecule has 2 aromatic carbocycles. The van der Waals surface area contributed by atoms with Gasteiger partial charge in [-0.15, -0.1) is 0 Å². The van der Waals surface area contributed by atoms with Gasteiger partial charge in [-0.25, -0.2) is 4.90 Å². The smallest absolute Gasteiger partial charge is 0.263 e. The highest BCUT2D eigenvalue weighted by atomic mass is 35.5. The van der Waals surface area contributed by atoms with Crippen molar-refractivity contribution in [3.8, 4) is 5.75 Å². The molecule has 0 bridgehead atoms. The van der Waals surface area contributed by atoms with E-state index >= 15 is 0 Å². The van der Waals surface area contributed by atoms with Crippen molar-refractivity contribution in [2.45, 2.75) is 19.0 Å². The molecule has 1 fully saturated rings. The third-order valence-electron chi connectivity index (χ3n) is 4.68. The molecule has 1 N–H and O–H groups in total. The van der Waals surface area contributed by atoms with Gasteiger partial charge in [-0.3, -0.25) is 19.4 Å². The highest BCUT2D eigenvalue weighted by molar-refractivity contribution is 6.31.